The summed E-state index contributed by atoms with van der Waals surface area (Å²) in [5, 5.41) is 0. The van der Waals surface area contributed by atoms with Gasteiger partial charge in [-0.05, 0) is 59.2 Å². The van der Waals surface area contributed by atoms with Gasteiger partial charge in [0.05, 0.1) is 16.4 Å². The highest BCUT2D eigenvalue weighted by atomic mass is 127. The maximum absolute atomic E-state index is 12.0. The molecule has 2 rings (SSSR count). The normalized spacial score (nSPS) is 10.8. The Balaban J connectivity index is 2.45. The van der Waals surface area contributed by atoms with Gasteiger partial charge in [0.2, 0.25) is 0 Å². The molecular weight excluding hydrogens is 367 g/mol. The van der Waals surface area contributed by atoms with Crippen molar-refractivity contribution in [2.24, 2.45) is 5.92 Å². The maximum Gasteiger partial charge on any atom is 0.264 e. The lowest BCUT2D eigenvalue weighted by molar-refractivity contribution is 0.415. The molecule has 0 saturated carbocycles. The Morgan fingerprint density at radius 3 is 2.50 bits per heavy atom. The monoisotopic (exact) mass is 384 g/mol. The van der Waals surface area contributed by atoms with Crippen LogP contribution in [0, 0.1) is 9.49 Å². The number of hydrogen-bond donors (Lipinski definition) is 1. The van der Waals surface area contributed by atoms with E-state index in [0.717, 1.165) is 23.4 Å². The molecule has 1 aromatic carbocycles. The number of hydrogen-bond acceptors (Lipinski definition) is 3. The van der Waals surface area contributed by atoms with Crippen molar-refractivity contribution in [1.29, 1.82) is 0 Å². The Morgan fingerprint density at radius 2 is 1.95 bits per heavy atom. The van der Waals surface area contributed by atoms with E-state index in [4.69, 9.17) is 4.74 Å². The summed E-state index contributed by atoms with van der Waals surface area (Å²) in [6.45, 7) is 4.23. The standard InChI is InChI=1S/C15H17IN2O2/c1-9(2)8-12-13(16)15(19)18-14(17-12)10-4-6-11(20-3)7-5-10/h4-7,9H,8H2,1-3H3,(H,17,18,19). The topological polar surface area (TPSA) is 55.0 Å². The number of H-pyrrole nitrogens is 1. The zero-order chi connectivity index (χ0) is 14.7. The molecule has 0 aliphatic heterocycles. The van der Waals surface area contributed by atoms with Crippen LogP contribution in [0.1, 0.15) is 19.5 Å². The van der Waals surface area contributed by atoms with Crippen molar-refractivity contribution in [3.05, 3.63) is 43.9 Å². The van der Waals surface area contributed by atoms with E-state index in [9.17, 15) is 4.79 Å². The van der Waals surface area contributed by atoms with Crippen LogP contribution < -0.4 is 10.3 Å². The molecule has 0 atom stereocenters. The zero-order valence-electron chi connectivity index (χ0n) is 11.7. The van der Waals surface area contributed by atoms with Crippen LogP contribution in [0.2, 0.25) is 0 Å². The molecule has 2 aromatic rings. The van der Waals surface area contributed by atoms with E-state index < -0.39 is 0 Å². The second-order valence-corrected chi connectivity index (χ2v) is 6.08. The van der Waals surface area contributed by atoms with Crippen LogP contribution in [0.3, 0.4) is 0 Å². The Kier molecular flexibility index (Phi) is 4.80. The van der Waals surface area contributed by atoms with E-state index in [1.54, 1.807) is 7.11 Å². The van der Waals surface area contributed by atoms with Gasteiger partial charge < -0.3 is 9.72 Å². The molecule has 0 aliphatic rings. The summed E-state index contributed by atoms with van der Waals surface area (Å²) in [6.07, 6.45) is 0.797. The lowest BCUT2D eigenvalue weighted by Gasteiger charge is -2.09. The van der Waals surface area contributed by atoms with Crippen LogP contribution in [0.4, 0.5) is 0 Å². The van der Waals surface area contributed by atoms with E-state index in [1.807, 2.05) is 24.3 Å². The zero-order valence-corrected chi connectivity index (χ0v) is 13.9. The van der Waals surface area contributed by atoms with Crippen LogP contribution in [0.25, 0.3) is 11.4 Å². The summed E-state index contributed by atoms with van der Waals surface area (Å²) in [5.41, 5.74) is 1.65. The van der Waals surface area contributed by atoms with Crippen LogP contribution in [0.5, 0.6) is 5.75 Å². The van der Waals surface area contributed by atoms with Crippen LogP contribution in [-0.2, 0) is 6.42 Å². The second kappa shape index (κ2) is 6.39. The number of nitrogens with zero attached hydrogens (tertiary/aromatic N) is 1. The second-order valence-electron chi connectivity index (χ2n) is 5.00. The summed E-state index contributed by atoms with van der Waals surface area (Å²) in [7, 11) is 1.63. The highest BCUT2D eigenvalue weighted by Crippen LogP contribution is 2.20. The van der Waals surface area contributed by atoms with Gasteiger partial charge in [-0.2, -0.15) is 0 Å². The van der Waals surface area contributed by atoms with Crippen molar-refractivity contribution in [3.63, 3.8) is 0 Å². The van der Waals surface area contributed by atoms with Crippen molar-refractivity contribution < 1.29 is 4.74 Å². The van der Waals surface area contributed by atoms with E-state index in [0.29, 0.717) is 15.3 Å². The van der Waals surface area contributed by atoms with Gasteiger partial charge in [-0.15, -0.1) is 0 Å². The minimum absolute atomic E-state index is 0.0814. The number of benzene rings is 1. The number of rotatable bonds is 4. The van der Waals surface area contributed by atoms with Gasteiger partial charge in [-0.25, -0.2) is 4.98 Å². The molecule has 1 N–H and O–H groups in total. The summed E-state index contributed by atoms with van der Waals surface area (Å²) < 4.78 is 5.81. The van der Waals surface area contributed by atoms with E-state index in [-0.39, 0.29) is 5.56 Å². The number of ether oxygens (including phenoxy) is 1. The largest absolute Gasteiger partial charge is 0.497 e. The average Bonchev–Trinajstić information content (AvgIpc) is 2.43. The summed E-state index contributed by atoms with van der Waals surface area (Å²) in [4.78, 5) is 19.4. The maximum atomic E-state index is 12.0. The van der Waals surface area contributed by atoms with Crippen molar-refractivity contribution in [3.8, 4) is 17.1 Å². The molecule has 0 spiro atoms. The third kappa shape index (κ3) is 3.39. The van der Waals surface area contributed by atoms with Gasteiger partial charge in [0.15, 0.2) is 0 Å². The first-order valence-electron chi connectivity index (χ1n) is 6.44. The van der Waals surface area contributed by atoms with Gasteiger partial charge in [0.1, 0.15) is 11.6 Å². The number of nitrogens with one attached hydrogen (secondary N) is 1. The van der Waals surface area contributed by atoms with Gasteiger partial charge in [0.25, 0.3) is 5.56 Å². The molecule has 1 heterocycles. The van der Waals surface area contributed by atoms with Gasteiger partial charge in [-0.1, -0.05) is 13.8 Å². The molecule has 0 saturated heterocycles. The van der Waals surface area contributed by atoms with E-state index in [2.05, 4.69) is 46.4 Å². The lowest BCUT2D eigenvalue weighted by Crippen LogP contribution is -2.17. The smallest absolute Gasteiger partial charge is 0.264 e. The highest BCUT2D eigenvalue weighted by Gasteiger charge is 2.11. The molecule has 4 nitrogen and oxygen atoms in total. The average molecular weight is 384 g/mol. The molecule has 0 bridgehead atoms. The van der Waals surface area contributed by atoms with Crippen molar-refractivity contribution in [2.45, 2.75) is 20.3 Å². The van der Waals surface area contributed by atoms with E-state index in [1.165, 1.54) is 0 Å². The minimum atomic E-state index is -0.0814. The number of aromatic nitrogens is 2. The van der Waals surface area contributed by atoms with Gasteiger partial charge in [-0.3, -0.25) is 4.79 Å². The first-order valence-corrected chi connectivity index (χ1v) is 7.52. The molecule has 0 amide bonds. The Bertz CT molecular complexity index is 648. The quantitative estimate of drug-likeness (QED) is 0.824. The summed E-state index contributed by atoms with van der Waals surface area (Å²) in [6, 6.07) is 7.50. The molecule has 5 heteroatoms. The van der Waals surface area contributed by atoms with Gasteiger partial charge in [0, 0.05) is 5.56 Å². The molecule has 0 fully saturated rings. The lowest BCUT2D eigenvalue weighted by atomic mass is 10.1. The Morgan fingerprint density at radius 1 is 1.30 bits per heavy atom. The first-order chi connectivity index (χ1) is 9.51. The summed E-state index contributed by atoms with van der Waals surface area (Å²) >= 11 is 2.06. The predicted octanol–water partition coefficient (Wildman–Crippen LogP) is 3.25. The predicted molar refractivity (Wildman–Crippen MR) is 88.1 cm³/mol. The Labute approximate surface area is 131 Å². The fourth-order valence-electron chi connectivity index (χ4n) is 1.91. The van der Waals surface area contributed by atoms with Gasteiger partial charge >= 0.3 is 0 Å². The van der Waals surface area contributed by atoms with Crippen LogP contribution in [-0.4, -0.2) is 17.1 Å². The van der Waals surface area contributed by atoms with Crippen molar-refractivity contribution in [1.82, 2.24) is 9.97 Å². The molecule has 20 heavy (non-hydrogen) atoms. The third-order valence-corrected chi connectivity index (χ3v) is 4.01. The molecular formula is C15H17IN2O2. The molecule has 106 valence electrons. The minimum Gasteiger partial charge on any atom is -0.497 e. The fraction of sp³-hybridized carbons (Fsp3) is 0.333. The van der Waals surface area contributed by atoms with Crippen LogP contribution in [0.15, 0.2) is 29.1 Å². The number of halogens is 1. The SMILES string of the molecule is COc1ccc(-c2nc(CC(C)C)c(I)c(=O)[nH]2)cc1. The molecule has 0 aliphatic carbocycles. The Hall–Kier alpha value is -1.37. The van der Waals surface area contributed by atoms with Crippen molar-refractivity contribution in [2.75, 3.05) is 7.11 Å². The molecule has 0 unspecified atom stereocenters. The molecule has 1 aromatic heterocycles. The molecule has 0 radical (unpaired) electrons. The number of aromatic amines is 1. The highest BCUT2D eigenvalue weighted by molar-refractivity contribution is 14.1. The first kappa shape index (κ1) is 15.0. The van der Waals surface area contributed by atoms with Crippen LogP contribution >= 0.6 is 22.6 Å². The fourth-order valence-corrected chi connectivity index (χ4v) is 2.39. The third-order valence-electron chi connectivity index (χ3n) is 2.90. The van der Waals surface area contributed by atoms with Crippen molar-refractivity contribution >= 4 is 22.6 Å². The number of methoxy groups -OCH3 is 1. The van der Waals surface area contributed by atoms with E-state index >= 15 is 0 Å². The summed E-state index contributed by atoms with van der Waals surface area (Å²) in [5.74, 6) is 1.85.